The molecule has 0 heterocycles. The number of nitrogens with zero attached hydrogens (tertiary/aromatic N) is 3. The van der Waals surface area contributed by atoms with Crippen LogP contribution in [0, 0.1) is 11.5 Å². The lowest BCUT2D eigenvalue weighted by atomic mass is 10.1. The molecule has 2 rings (SSSR count). The van der Waals surface area contributed by atoms with Crippen molar-refractivity contribution in [2.45, 2.75) is 26.3 Å². The molecule has 0 unspecified atom stereocenters. The number of carbonyl (C=O) groups excluding carboxylic acids is 2. The molecule has 0 radical (unpaired) electrons. The van der Waals surface area contributed by atoms with E-state index in [0.717, 1.165) is 5.01 Å². The minimum absolute atomic E-state index is 0.342. The van der Waals surface area contributed by atoms with E-state index in [0.29, 0.717) is 11.1 Å². The molecule has 0 saturated heterocycles. The molecule has 2 aromatic carbocycles. The van der Waals surface area contributed by atoms with Gasteiger partial charge in [-0.1, -0.05) is 36.4 Å². The van der Waals surface area contributed by atoms with E-state index in [1.807, 2.05) is 6.19 Å². The molecule has 24 heavy (non-hydrogen) atoms. The summed E-state index contributed by atoms with van der Waals surface area (Å²) in [6.45, 7) is 5.32. The summed E-state index contributed by atoms with van der Waals surface area (Å²) in [5, 5.41) is 11.6. The van der Waals surface area contributed by atoms with Gasteiger partial charge < -0.3 is 0 Å². The van der Waals surface area contributed by atoms with Gasteiger partial charge in [-0.25, -0.2) is 5.01 Å². The monoisotopic (exact) mass is 321 g/mol. The van der Waals surface area contributed by atoms with Crippen LogP contribution in [-0.2, 0) is 0 Å². The van der Waals surface area contributed by atoms with Crippen molar-refractivity contribution in [3.05, 3.63) is 71.8 Å². The Kier molecular flexibility index (Phi) is 5.00. The van der Waals surface area contributed by atoms with Crippen molar-refractivity contribution >= 4 is 11.8 Å². The summed E-state index contributed by atoms with van der Waals surface area (Å²) in [4.78, 5) is 25.6. The van der Waals surface area contributed by atoms with E-state index in [1.54, 1.807) is 81.4 Å². The Labute approximate surface area is 141 Å². The van der Waals surface area contributed by atoms with Crippen LogP contribution in [0.25, 0.3) is 0 Å². The van der Waals surface area contributed by atoms with Gasteiger partial charge in [-0.15, -0.1) is 5.01 Å². The average molecular weight is 321 g/mol. The van der Waals surface area contributed by atoms with Crippen LogP contribution in [0.2, 0.25) is 0 Å². The second-order valence-electron chi connectivity index (χ2n) is 6.24. The fourth-order valence-corrected chi connectivity index (χ4v) is 2.28. The predicted molar refractivity (Wildman–Crippen MR) is 90.6 cm³/mol. The molecule has 2 amide bonds. The second-order valence-corrected chi connectivity index (χ2v) is 6.24. The SMILES string of the molecule is CC(C)(C)N(C(=O)c1ccccc1)N(C#N)C(=O)c1ccccc1. The molecule has 2 aromatic rings. The summed E-state index contributed by atoms with van der Waals surface area (Å²) in [6.07, 6.45) is 1.85. The summed E-state index contributed by atoms with van der Waals surface area (Å²) in [6, 6.07) is 17.0. The standard InChI is InChI=1S/C19H19N3O2/c1-19(2,3)22(18(24)16-12-8-5-9-13-16)21(14-20)17(23)15-10-6-4-7-11-15/h4-13H,1-3H3. The number of benzene rings is 2. The molecule has 5 heteroatoms. The lowest BCUT2D eigenvalue weighted by Gasteiger charge is -2.39. The highest BCUT2D eigenvalue weighted by atomic mass is 16.2. The first kappa shape index (κ1) is 17.2. The minimum Gasteiger partial charge on any atom is -0.267 e. The Morgan fingerprint density at radius 3 is 1.62 bits per heavy atom. The summed E-state index contributed by atoms with van der Waals surface area (Å²) < 4.78 is 0. The van der Waals surface area contributed by atoms with E-state index >= 15 is 0 Å². The molecule has 122 valence electrons. The van der Waals surface area contributed by atoms with E-state index in [-0.39, 0.29) is 0 Å². The van der Waals surface area contributed by atoms with Gasteiger partial charge >= 0.3 is 0 Å². The molecule has 0 atom stereocenters. The summed E-state index contributed by atoms with van der Waals surface area (Å²) in [5.41, 5.74) is -0.00435. The highest BCUT2D eigenvalue weighted by Crippen LogP contribution is 2.21. The topological polar surface area (TPSA) is 64.4 Å². The van der Waals surface area contributed by atoms with Crippen LogP contribution in [0.4, 0.5) is 0 Å². The first-order valence-electron chi connectivity index (χ1n) is 7.55. The number of carbonyl (C=O) groups is 2. The van der Waals surface area contributed by atoms with Gasteiger partial charge in [0.2, 0.25) is 6.19 Å². The Bertz CT molecular complexity index is 759. The van der Waals surface area contributed by atoms with Crippen LogP contribution in [0.15, 0.2) is 60.7 Å². The van der Waals surface area contributed by atoms with E-state index in [4.69, 9.17) is 0 Å². The van der Waals surface area contributed by atoms with Crippen LogP contribution in [0.5, 0.6) is 0 Å². The first-order valence-corrected chi connectivity index (χ1v) is 7.55. The molecule has 0 aliphatic carbocycles. The smallest absolute Gasteiger partial charge is 0.267 e. The number of hydrazine groups is 1. The largest absolute Gasteiger partial charge is 0.286 e. The highest BCUT2D eigenvalue weighted by molar-refractivity contribution is 6.00. The second kappa shape index (κ2) is 6.97. The Balaban J connectivity index is 2.45. The van der Waals surface area contributed by atoms with Crippen molar-refractivity contribution in [3.8, 4) is 6.19 Å². The zero-order valence-corrected chi connectivity index (χ0v) is 13.9. The minimum atomic E-state index is -0.757. The van der Waals surface area contributed by atoms with Crippen LogP contribution in [0.3, 0.4) is 0 Å². The van der Waals surface area contributed by atoms with Crippen molar-refractivity contribution in [2.75, 3.05) is 0 Å². The lowest BCUT2D eigenvalue weighted by molar-refractivity contribution is -0.0167. The molecule has 0 saturated carbocycles. The molecule has 0 spiro atoms. The Morgan fingerprint density at radius 1 is 0.833 bits per heavy atom. The molecular formula is C19H19N3O2. The van der Waals surface area contributed by atoms with E-state index < -0.39 is 17.4 Å². The summed E-state index contributed by atoms with van der Waals surface area (Å²) >= 11 is 0. The third kappa shape index (κ3) is 3.61. The molecule has 0 bridgehead atoms. The third-order valence-electron chi connectivity index (χ3n) is 3.36. The molecule has 0 fully saturated rings. The maximum atomic E-state index is 12.9. The van der Waals surface area contributed by atoms with Crippen LogP contribution in [-0.4, -0.2) is 27.4 Å². The summed E-state index contributed by atoms with van der Waals surface area (Å²) in [7, 11) is 0. The zero-order valence-electron chi connectivity index (χ0n) is 13.9. The van der Waals surface area contributed by atoms with E-state index in [9.17, 15) is 14.9 Å². The normalized spacial score (nSPS) is 10.6. The van der Waals surface area contributed by atoms with Gasteiger partial charge in [0.1, 0.15) is 0 Å². The highest BCUT2D eigenvalue weighted by Gasteiger charge is 2.36. The van der Waals surface area contributed by atoms with Gasteiger partial charge in [-0.2, -0.15) is 5.26 Å². The van der Waals surface area contributed by atoms with Crippen molar-refractivity contribution in [3.63, 3.8) is 0 Å². The molecular weight excluding hydrogens is 302 g/mol. The molecule has 5 nitrogen and oxygen atoms in total. The zero-order chi connectivity index (χ0) is 17.7. The third-order valence-corrected chi connectivity index (χ3v) is 3.36. The number of hydrogen-bond acceptors (Lipinski definition) is 3. The maximum Gasteiger partial charge on any atom is 0.286 e. The van der Waals surface area contributed by atoms with Crippen LogP contribution >= 0.6 is 0 Å². The maximum absolute atomic E-state index is 12.9. The van der Waals surface area contributed by atoms with E-state index in [1.165, 1.54) is 5.01 Å². The fraction of sp³-hybridized carbons (Fsp3) is 0.211. The van der Waals surface area contributed by atoms with Crippen molar-refractivity contribution in [1.29, 1.82) is 5.26 Å². The van der Waals surface area contributed by atoms with Crippen LogP contribution in [0.1, 0.15) is 41.5 Å². The van der Waals surface area contributed by atoms with Gasteiger partial charge in [0, 0.05) is 11.1 Å². The van der Waals surface area contributed by atoms with Crippen molar-refractivity contribution in [2.24, 2.45) is 0 Å². The fourth-order valence-electron chi connectivity index (χ4n) is 2.28. The average Bonchev–Trinajstić information content (AvgIpc) is 2.59. The molecule has 0 aliphatic heterocycles. The van der Waals surface area contributed by atoms with Crippen molar-refractivity contribution in [1.82, 2.24) is 10.0 Å². The molecule has 0 aliphatic rings. The van der Waals surface area contributed by atoms with Gasteiger partial charge in [0.05, 0.1) is 5.54 Å². The van der Waals surface area contributed by atoms with Gasteiger partial charge in [0.25, 0.3) is 11.8 Å². The first-order chi connectivity index (χ1) is 11.4. The van der Waals surface area contributed by atoms with Gasteiger partial charge in [-0.3, -0.25) is 9.59 Å². The van der Waals surface area contributed by atoms with Gasteiger partial charge in [-0.05, 0) is 45.0 Å². The Hall–Kier alpha value is -3.13. The summed E-state index contributed by atoms with van der Waals surface area (Å²) in [5.74, 6) is -0.953. The van der Waals surface area contributed by atoms with Gasteiger partial charge in [0.15, 0.2) is 0 Å². The Morgan fingerprint density at radius 2 is 1.25 bits per heavy atom. The number of hydrogen-bond donors (Lipinski definition) is 0. The quantitative estimate of drug-likeness (QED) is 0.483. The van der Waals surface area contributed by atoms with E-state index in [2.05, 4.69) is 0 Å². The van der Waals surface area contributed by atoms with Crippen LogP contribution < -0.4 is 0 Å². The number of nitriles is 1. The molecule has 0 N–H and O–H groups in total. The lowest BCUT2D eigenvalue weighted by Crippen LogP contribution is -2.56. The number of rotatable bonds is 2. The van der Waals surface area contributed by atoms with Crippen molar-refractivity contribution < 1.29 is 9.59 Å². The number of amides is 2. The predicted octanol–water partition coefficient (Wildman–Crippen LogP) is 3.47. The molecule has 0 aromatic heterocycles.